The maximum Gasteiger partial charge on any atom is 0.276 e. The van der Waals surface area contributed by atoms with Gasteiger partial charge in [0.25, 0.3) is 5.91 Å². The molecule has 1 aliphatic heterocycles. The van der Waals surface area contributed by atoms with E-state index in [-0.39, 0.29) is 18.3 Å². The summed E-state index contributed by atoms with van der Waals surface area (Å²) in [4.78, 5) is 13.8. The molecular formula is C20H18BrFN2O3S. The van der Waals surface area contributed by atoms with E-state index in [1.165, 1.54) is 18.1 Å². The molecule has 1 amide bonds. The smallest absolute Gasteiger partial charge is 0.276 e. The van der Waals surface area contributed by atoms with Gasteiger partial charge in [0.15, 0.2) is 16.6 Å². The van der Waals surface area contributed by atoms with Gasteiger partial charge in [-0.3, -0.25) is 9.69 Å². The Hall–Kier alpha value is -2.45. The molecule has 2 aromatic rings. The van der Waals surface area contributed by atoms with Crippen LogP contribution in [0, 0.1) is 5.82 Å². The molecule has 0 unspecified atom stereocenters. The molecule has 5 nitrogen and oxygen atoms in total. The predicted molar refractivity (Wildman–Crippen MR) is 113 cm³/mol. The number of hydrogen-bond acceptors (Lipinski definition) is 4. The Labute approximate surface area is 176 Å². The van der Waals surface area contributed by atoms with E-state index in [0.717, 1.165) is 5.56 Å². The van der Waals surface area contributed by atoms with Gasteiger partial charge in [-0.1, -0.05) is 18.2 Å². The maximum atomic E-state index is 13.8. The minimum absolute atomic E-state index is 0.0574. The Morgan fingerprint density at radius 1 is 1.32 bits per heavy atom. The van der Waals surface area contributed by atoms with Crippen LogP contribution in [-0.2, 0) is 11.4 Å². The Morgan fingerprint density at radius 3 is 2.71 bits per heavy atom. The number of halogens is 2. The van der Waals surface area contributed by atoms with Crippen molar-refractivity contribution in [2.24, 2.45) is 0 Å². The summed E-state index contributed by atoms with van der Waals surface area (Å²) in [7, 11) is 1.52. The highest BCUT2D eigenvalue weighted by molar-refractivity contribution is 9.10. The van der Waals surface area contributed by atoms with E-state index >= 15 is 0 Å². The first kappa shape index (κ1) is 20.3. The van der Waals surface area contributed by atoms with Crippen LogP contribution in [0.5, 0.6) is 11.5 Å². The van der Waals surface area contributed by atoms with Gasteiger partial charge in [-0.15, -0.1) is 0 Å². The molecule has 146 valence electrons. The zero-order valence-corrected chi connectivity index (χ0v) is 17.7. The molecule has 8 heteroatoms. The number of amides is 1. The fraction of sp³-hybridized carbons (Fsp3) is 0.200. The average molecular weight is 465 g/mol. The van der Waals surface area contributed by atoms with Crippen LogP contribution in [-0.4, -0.2) is 29.6 Å². The molecule has 0 aliphatic carbocycles. The molecule has 1 saturated heterocycles. The van der Waals surface area contributed by atoms with Crippen LogP contribution in [0.4, 0.5) is 4.39 Å². The van der Waals surface area contributed by atoms with Crippen molar-refractivity contribution in [3.8, 4) is 11.5 Å². The standard InChI is InChI=1S/C20H18BrFN2O3S/c1-3-24-19(25)16(23-20(24)28)9-12-8-14(21)18(17(10-12)26-2)27-11-13-6-4-5-7-15(13)22/h4-10H,3,11H2,1-2H3,(H,23,28)/b16-9-. The number of thiocarbonyl (C=S) groups is 1. The number of rotatable bonds is 6. The molecule has 3 rings (SSSR count). The minimum atomic E-state index is -0.332. The Morgan fingerprint density at radius 2 is 2.07 bits per heavy atom. The first-order valence-electron chi connectivity index (χ1n) is 8.52. The van der Waals surface area contributed by atoms with Gasteiger partial charge < -0.3 is 14.8 Å². The number of nitrogens with one attached hydrogen (secondary N) is 1. The van der Waals surface area contributed by atoms with Crippen molar-refractivity contribution in [1.82, 2.24) is 10.2 Å². The lowest BCUT2D eigenvalue weighted by Crippen LogP contribution is -2.30. The highest BCUT2D eigenvalue weighted by atomic mass is 79.9. The van der Waals surface area contributed by atoms with E-state index in [9.17, 15) is 9.18 Å². The molecule has 1 aliphatic rings. The van der Waals surface area contributed by atoms with Crippen LogP contribution in [0.2, 0.25) is 0 Å². The molecular weight excluding hydrogens is 447 g/mol. The summed E-state index contributed by atoms with van der Waals surface area (Å²) in [5.41, 5.74) is 1.55. The van der Waals surface area contributed by atoms with Gasteiger partial charge in [-0.2, -0.15) is 0 Å². The molecule has 1 N–H and O–H groups in total. The quantitative estimate of drug-likeness (QED) is 0.511. The van der Waals surface area contributed by atoms with E-state index in [1.807, 2.05) is 6.92 Å². The van der Waals surface area contributed by atoms with Gasteiger partial charge in [0, 0.05) is 12.1 Å². The lowest BCUT2D eigenvalue weighted by molar-refractivity contribution is -0.122. The van der Waals surface area contributed by atoms with E-state index in [4.69, 9.17) is 21.7 Å². The number of carbonyl (C=O) groups is 1. The van der Waals surface area contributed by atoms with Crippen molar-refractivity contribution in [1.29, 1.82) is 0 Å². The van der Waals surface area contributed by atoms with Crippen molar-refractivity contribution < 1.29 is 18.7 Å². The number of carbonyl (C=O) groups excluding carboxylic acids is 1. The van der Waals surface area contributed by atoms with E-state index in [2.05, 4.69) is 21.2 Å². The van der Waals surface area contributed by atoms with Crippen LogP contribution in [0.1, 0.15) is 18.1 Å². The monoisotopic (exact) mass is 464 g/mol. The first-order valence-corrected chi connectivity index (χ1v) is 9.73. The summed E-state index contributed by atoms with van der Waals surface area (Å²) in [6.07, 6.45) is 1.69. The van der Waals surface area contributed by atoms with Crippen LogP contribution < -0.4 is 14.8 Å². The average Bonchev–Trinajstić information content (AvgIpc) is 2.94. The van der Waals surface area contributed by atoms with Crippen LogP contribution in [0.3, 0.4) is 0 Å². The van der Waals surface area contributed by atoms with Gasteiger partial charge in [-0.05, 0) is 64.9 Å². The first-order chi connectivity index (χ1) is 13.4. The van der Waals surface area contributed by atoms with E-state index in [1.54, 1.807) is 36.4 Å². The van der Waals surface area contributed by atoms with Gasteiger partial charge in [0.2, 0.25) is 0 Å². The topological polar surface area (TPSA) is 50.8 Å². The third-order valence-corrected chi connectivity index (χ3v) is 5.08. The summed E-state index contributed by atoms with van der Waals surface area (Å²) in [5.74, 6) is 0.394. The second-order valence-electron chi connectivity index (χ2n) is 5.95. The van der Waals surface area contributed by atoms with Crippen LogP contribution in [0.25, 0.3) is 6.08 Å². The van der Waals surface area contributed by atoms with Crippen molar-refractivity contribution in [3.05, 3.63) is 63.5 Å². The minimum Gasteiger partial charge on any atom is -0.493 e. The number of nitrogens with zero attached hydrogens (tertiary/aromatic N) is 1. The van der Waals surface area contributed by atoms with Crippen molar-refractivity contribution >= 4 is 45.2 Å². The van der Waals surface area contributed by atoms with Gasteiger partial charge >= 0.3 is 0 Å². The Kier molecular flexibility index (Phi) is 6.31. The molecule has 0 radical (unpaired) electrons. The zero-order chi connectivity index (χ0) is 20.3. The van der Waals surface area contributed by atoms with Crippen molar-refractivity contribution in [3.63, 3.8) is 0 Å². The van der Waals surface area contributed by atoms with Crippen molar-refractivity contribution in [2.45, 2.75) is 13.5 Å². The summed E-state index contributed by atoms with van der Waals surface area (Å²) >= 11 is 8.63. The SMILES string of the molecule is CCN1C(=O)/C(=C/c2cc(Br)c(OCc3ccccc3F)c(OC)c2)NC1=S. The maximum absolute atomic E-state index is 13.8. The molecule has 2 aromatic carbocycles. The van der Waals surface area contributed by atoms with Crippen LogP contribution >= 0.6 is 28.1 Å². The number of methoxy groups -OCH3 is 1. The number of benzene rings is 2. The fourth-order valence-corrected chi connectivity index (χ4v) is 3.65. The highest BCUT2D eigenvalue weighted by Gasteiger charge is 2.29. The predicted octanol–water partition coefficient (Wildman–Crippen LogP) is 4.25. The van der Waals surface area contributed by atoms with Crippen LogP contribution in [0.15, 0.2) is 46.6 Å². The molecule has 0 saturated carbocycles. The summed E-state index contributed by atoms with van der Waals surface area (Å²) in [5, 5.41) is 3.30. The molecule has 1 fully saturated rings. The number of likely N-dealkylation sites (N-methyl/N-ethyl adjacent to an activating group) is 1. The van der Waals surface area contributed by atoms with Crippen molar-refractivity contribution in [2.75, 3.05) is 13.7 Å². The highest BCUT2D eigenvalue weighted by Crippen LogP contribution is 2.38. The molecule has 28 heavy (non-hydrogen) atoms. The normalized spacial score (nSPS) is 15.1. The zero-order valence-electron chi connectivity index (χ0n) is 15.3. The largest absolute Gasteiger partial charge is 0.493 e. The molecule has 0 aromatic heterocycles. The van der Waals surface area contributed by atoms with E-state index in [0.29, 0.717) is 38.9 Å². The van der Waals surface area contributed by atoms with Gasteiger partial charge in [0.1, 0.15) is 18.1 Å². The summed E-state index contributed by atoms with van der Waals surface area (Å²) < 4.78 is 25.6. The molecule has 0 spiro atoms. The fourth-order valence-electron chi connectivity index (χ4n) is 2.75. The Bertz CT molecular complexity index is 964. The Balaban J connectivity index is 1.86. The molecule has 0 atom stereocenters. The summed E-state index contributed by atoms with van der Waals surface area (Å²) in [6, 6.07) is 9.95. The summed E-state index contributed by atoms with van der Waals surface area (Å²) in [6.45, 7) is 2.41. The molecule has 0 bridgehead atoms. The number of ether oxygens (including phenoxy) is 2. The van der Waals surface area contributed by atoms with Gasteiger partial charge in [-0.25, -0.2) is 4.39 Å². The third-order valence-electron chi connectivity index (χ3n) is 4.17. The van der Waals surface area contributed by atoms with Gasteiger partial charge in [0.05, 0.1) is 11.6 Å². The lowest BCUT2D eigenvalue weighted by atomic mass is 10.1. The second kappa shape index (κ2) is 8.70. The molecule has 1 heterocycles. The second-order valence-corrected chi connectivity index (χ2v) is 7.19. The van der Waals surface area contributed by atoms with E-state index < -0.39 is 0 Å². The lowest BCUT2D eigenvalue weighted by Gasteiger charge is -2.14. The number of hydrogen-bond donors (Lipinski definition) is 1. The third kappa shape index (κ3) is 4.18.